The highest BCUT2D eigenvalue weighted by atomic mass is 32.2. The van der Waals surface area contributed by atoms with Gasteiger partial charge in [0, 0.05) is 12.4 Å². The van der Waals surface area contributed by atoms with Crippen LogP contribution in [0.2, 0.25) is 0 Å². The number of furan rings is 1. The predicted molar refractivity (Wildman–Crippen MR) is 131 cm³/mol. The number of nitrogens with zero attached hydrogens (tertiary/aromatic N) is 5. The molecule has 3 aromatic heterocycles. The molecular formula is C23H26N6O6S. The van der Waals surface area contributed by atoms with E-state index in [-0.39, 0.29) is 17.6 Å². The maximum Gasteiger partial charge on any atom is 0.243 e. The topological polar surface area (TPSA) is 154 Å². The Hall–Kier alpha value is -3.97. The quantitative estimate of drug-likeness (QED) is 0.341. The van der Waals surface area contributed by atoms with Crippen molar-refractivity contribution in [3.8, 4) is 28.8 Å². The van der Waals surface area contributed by atoms with E-state index < -0.39 is 21.4 Å². The highest BCUT2D eigenvalue weighted by Gasteiger charge is 2.34. The number of rotatable bonds is 9. The highest BCUT2D eigenvalue weighted by Crippen LogP contribution is 2.38. The molecule has 36 heavy (non-hydrogen) atoms. The molecular weight excluding hydrogens is 488 g/mol. The number of para-hydroxylation sites is 1. The van der Waals surface area contributed by atoms with Crippen LogP contribution < -0.4 is 14.2 Å². The third-order valence-electron chi connectivity index (χ3n) is 5.48. The molecule has 190 valence electrons. The Bertz CT molecular complexity index is 1440. The summed E-state index contributed by atoms with van der Waals surface area (Å²) in [5, 5.41) is 17.6. The molecule has 12 nitrogen and oxygen atoms in total. The predicted octanol–water partition coefficient (Wildman–Crippen LogP) is 2.82. The zero-order valence-corrected chi connectivity index (χ0v) is 21.1. The molecule has 0 fully saturated rings. The van der Waals surface area contributed by atoms with Gasteiger partial charge in [0.1, 0.15) is 34.3 Å². The molecule has 0 aliphatic heterocycles. The number of anilines is 1. The minimum absolute atomic E-state index is 0.0157. The fraction of sp³-hybridized carbons (Fsp3) is 0.304. The summed E-state index contributed by atoms with van der Waals surface area (Å²) in [5.74, 6) is 1.76. The van der Waals surface area contributed by atoms with Crippen LogP contribution in [-0.2, 0) is 10.0 Å². The number of hydrogen-bond donors (Lipinski definition) is 2. The minimum atomic E-state index is -4.22. The van der Waals surface area contributed by atoms with Crippen LogP contribution in [0.1, 0.15) is 30.2 Å². The first kappa shape index (κ1) is 25.1. The van der Waals surface area contributed by atoms with Gasteiger partial charge in [-0.3, -0.25) is 9.29 Å². The number of ether oxygens (including phenoxy) is 2. The Labute approximate surface area is 208 Å². The van der Waals surface area contributed by atoms with Gasteiger partial charge in [-0.25, -0.2) is 18.4 Å². The van der Waals surface area contributed by atoms with Crippen molar-refractivity contribution in [2.24, 2.45) is 0 Å². The van der Waals surface area contributed by atoms with Crippen molar-refractivity contribution >= 4 is 16.0 Å². The zero-order valence-electron chi connectivity index (χ0n) is 20.3. The van der Waals surface area contributed by atoms with E-state index >= 15 is 0 Å². The van der Waals surface area contributed by atoms with E-state index in [4.69, 9.17) is 13.9 Å². The fourth-order valence-electron chi connectivity index (χ4n) is 3.48. The molecule has 1 aromatic carbocycles. The summed E-state index contributed by atoms with van der Waals surface area (Å²) in [6.07, 6.45) is 1.51. The van der Waals surface area contributed by atoms with Gasteiger partial charge in [0.25, 0.3) is 0 Å². The first-order valence-corrected chi connectivity index (χ1v) is 12.4. The largest absolute Gasteiger partial charge is 0.494 e. The Balaban J connectivity index is 1.81. The summed E-state index contributed by atoms with van der Waals surface area (Å²) in [7, 11) is -1.27. The number of aryl methyl sites for hydroxylation is 2. The Morgan fingerprint density at radius 1 is 1.03 bits per heavy atom. The van der Waals surface area contributed by atoms with E-state index in [2.05, 4.69) is 24.9 Å². The standard InChI is InChI=1S/C23H26N6O6S/c1-13-11-24-21(25-12-13)20(30)15(3)36(31,32)28-23-27-26-22(18-10-9-14(2)35-18)29(23)19-16(33-4)7-6-8-17(19)34-5/h6-12,15,20,30H,1-5H3,(H,27,28)/t15-,20-/m1/s1. The fourth-order valence-corrected chi connectivity index (χ4v) is 4.52. The highest BCUT2D eigenvalue weighted by molar-refractivity contribution is 7.93. The number of benzene rings is 1. The van der Waals surface area contributed by atoms with Gasteiger partial charge in [-0.1, -0.05) is 6.07 Å². The Morgan fingerprint density at radius 2 is 1.67 bits per heavy atom. The van der Waals surface area contributed by atoms with Gasteiger partial charge in [-0.2, -0.15) is 0 Å². The van der Waals surface area contributed by atoms with Gasteiger partial charge in [0.2, 0.25) is 21.8 Å². The molecule has 4 rings (SSSR count). The van der Waals surface area contributed by atoms with Gasteiger partial charge in [0.15, 0.2) is 11.6 Å². The Morgan fingerprint density at radius 3 is 2.22 bits per heavy atom. The number of aliphatic hydroxyl groups is 1. The summed E-state index contributed by atoms with van der Waals surface area (Å²) < 4.78 is 47.3. The molecule has 4 aromatic rings. The molecule has 3 heterocycles. The monoisotopic (exact) mass is 514 g/mol. The molecule has 2 N–H and O–H groups in total. The molecule has 0 saturated carbocycles. The van der Waals surface area contributed by atoms with Crippen molar-refractivity contribution in [1.29, 1.82) is 0 Å². The second-order valence-corrected chi connectivity index (χ2v) is 10.1. The lowest BCUT2D eigenvalue weighted by Gasteiger charge is -2.20. The van der Waals surface area contributed by atoms with Gasteiger partial charge in [0.05, 0.1) is 14.2 Å². The normalized spacial score (nSPS) is 13.3. The van der Waals surface area contributed by atoms with Crippen molar-refractivity contribution in [3.63, 3.8) is 0 Å². The third kappa shape index (κ3) is 4.75. The van der Waals surface area contributed by atoms with E-state index in [9.17, 15) is 13.5 Å². The summed E-state index contributed by atoms with van der Waals surface area (Å²) in [5.41, 5.74) is 1.13. The number of aromatic nitrogens is 5. The molecule has 0 radical (unpaired) electrons. The van der Waals surface area contributed by atoms with Gasteiger partial charge < -0.3 is 19.0 Å². The lowest BCUT2D eigenvalue weighted by molar-refractivity contribution is 0.166. The molecule has 0 spiro atoms. The van der Waals surface area contributed by atoms with Crippen LogP contribution in [-0.4, -0.2) is 57.7 Å². The van der Waals surface area contributed by atoms with Crippen molar-refractivity contribution in [2.45, 2.75) is 32.1 Å². The van der Waals surface area contributed by atoms with Crippen molar-refractivity contribution in [2.75, 3.05) is 18.9 Å². The third-order valence-corrected chi connectivity index (χ3v) is 7.19. The van der Waals surface area contributed by atoms with Crippen molar-refractivity contribution < 1.29 is 27.4 Å². The van der Waals surface area contributed by atoms with Crippen LogP contribution in [0, 0.1) is 13.8 Å². The lowest BCUT2D eigenvalue weighted by atomic mass is 10.2. The van der Waals surface area contributed by atoms with Crippen LogP contribution in [0.25, 0.3) is 17.3 Å². The average Bonchev–Trinajstić information content (AvgIpc) is 3.48. The molecule has 0 saturated heterocycles. The number of aliphatic hydroxyl groups excluding tert-OH is 1. The molecule has 13 heteroatoms. The summed E-state index contributed by atoms with van der Waals surface area (Å²) in [6, 6.07) is 8.55. The average molecular weight is 515 g/mol. The number of methoxy groups -OCH3 is 2. The number of sulfonamides is 1. The minimum Gasteiger partial charge on any atom is -0.494 e. The second kappa shape index (κ2) is 9.95. The van der Waals surface area contributed by atoms with E-state index in [1.165, 1.54) is 38.1 Å². The van der Waals surface area contributed by atoms with E-state index in [0.29, 0.717) is 28.7 Å². The zero-order chi connectivity index (χ0) is 26.0. The van der Waals surface area contributed by atoms with E-state index in [0.717, 1.165) is 5.56 Å². The van der Waals surface area contributed by atoms with Crippen LogP contribution in [0.3, 0.4) is 0 Å². The first-order chi connectivity index (χ1) is 17.2. The van der Waals surface area contributed by atoms with Crippen molar-refractivity contribution in [1.82, 2.24) is 24.7 Å². The van der Waals surface area contributed by atoms with Gasteiger partial charge >= 0.3 is 0 Å². The Kier molecular flexibility index (Phi) is 6.95. The number of hydrogen-bond acceptors (Lipinski definition) is 10. The van der Waals surface area contributed by atoms with Gasteiger partial charge in [-0.05, 0) is 50.6 Å². The summed E-state index contributed by atoms with van der Waals surface area (Å²) >= 11 is 0. The molecule has 0 aliphatic rings. The van der Waals surface area contributed by atoms with Crippen molar-refractivity contribution in [3.05, 3.63) is 59.9 Å². The maximum absolute atomic E-state index is 13.3. The smallest absolute Gasteiger partial charge is 0.243 e. The summed E-state index contributed by atoms with van der Waals surface area (Å²) in [4.78, 5) is 8.09. The van der Waals surface area contributed by atoms with Gasteiger partial charge in [-0.15, -0.1) is 10.2 Å². The molecule has 2 atom stereocenters. The molecule has 0 unspecified atom stereocenters. The van der Waals surface area contributed by atoms with E-state index in [1.807, 2.05) is 0 Å². The molecule has 0 amide bonds. The number of nitrogens with one attached hydrogen (secondary N) is 1. The van der Waals surface area contributed by atoms with E-state index in [1.54, 1.807) is 44.2 Å². The second-order valence-electron chi connectivity index (χ2n) is 8.02. The first-order valence-electron chi connectivity index (χ1n) is 10.9. The lowest BCUT2D eigenvalue weighted by Crippen LogP contribution is -2.32. The van der Waals surface area contributed by atoms with Crippen LogP contribution in [0.15, 0.2) is 47.1 Å². The molecule has 0 aliphatic carbocycles. The van der Waals surface area contributed by atoms with Crippen LogP contribution >= 0.6 is 0 Å². The van der Waals surface area contributed by atoms with Crippen LogP contribution in [0.5, 0.6) is 11.5 Å². The summed E-state index contributed by atoms with van der Waals surface area (Å²) in [6.45, 7) is 4.90. The molecule has 0 bridgehead atoms. The van der Waals surface area contributed by atoms with Crippen LogP contribution in [0.4, 0.5) is 5.95 Å². The maximum atomic E-state index is 13.3. The SMILES string of the molecule is COc1cccc(OC)c1-n1c(NS(=O)(=O)[C@H](C)[C@@H](O)c2ncc(C)cn2)nnc1-c1ccc(C)o1.